The van der Waals surface area contributed by atoms with Gasteiger partial charge < -0.3 is 14.6 Å². The Morgan fingerprint density at radius 2 is 1.89 bits per heavy atom. The molecule has 0 saturated heterocycles. The Balaban J connectivity index is 3.54. The molecule has 0 radical (unpaired) electrons. The van der Waals surface area contributed by atoms with Crippen LogP contribution in [0.15, 0.2) is 0 Å². The molecule has 0 amide bonds. The van der Waals surface area contributed by atoms with Crippen molar-refractivity contribution in [2.75, 3.05) is 6.61 Å². The largest absolute Gasteiger partial charge is 0.368 e. The summed E-state index contributed by atoms with van der Waals surface area (Å²) in [7, 11) is 0. The third-order valence-corrected chi connectivity index (χ3v) is 3.30. The zero-order valence-electron chi connectivity index (χ0n) is 12.3. The van der Waals surface area contributed by atoms with E-state index in [1.165, 1.54) is 19.3 Å². The molecule has 0 fully saturated rings. The standard InChI is InChI=1S/C15H30O3/c1-4-6-10-14(5-2)12-18-15(17)11-8-7-9-13(3)16/h14-15,17H,4-12H2,1-3H3. The molecule has 0 aromatic rings. The third kappa shape index (κ3) is 10.7. The van der Waals surface area contributed by atoms with Crippen LogP contribution in [0.4, 0.5) is 0 Å². The lowest BCUT2D eigenvalue weighted by Crippen LogP contribution is -2.18. The molecule has 0 aliphatic rings. The Morgan fingerprint density at radius 3 is 2.44 bits per heavy atom. The first-order valence-corrected chi connectivity index (χ1v) is 7.39. The van der Waals surface area contributed by atoms with E-state index in [0.29, 0.717) is 25.4 Å². The van der Waals surface area contributed by atoms with Crippen LogP contribution in [0.3, 0.4) is 0 Å². The number of aliphatic hydroxyl groups excluding tert-OH is 1. The molecule has 0 aromatic carbocycles. The summed E-state index contributed by atoms with van der Waals surface area (Å²) in [5.74, 6) is 0.785. The molecule has 108 valence electrons. The predicted octanol–water partition coefficient (Wildman–Crippen LogP) is 3.69. The van der Waals surface area contributed by atoms with Gasteiger partial charge in [0.2, 0.25) is 0 Å². The maximum absolute atomic E-state index is 10.7. The summed E-state index contributed by atoms with van der Waals surface area (Å²) in [5, 5.41) is 9.68. The third-order valence-electron chi connectivity index (χ3n) is 3.30. The van der Waals surface area contributed by atoms with Gasteiger partial charge in [-0.2, -0.15) is 0 Å². The van der Waals surface area contributed by atoms with Crippen LogP contribution in [0.2, 0.25) is 0 Å². The fourth-order valence-corrected chi connectivity index (χ4v) is 1.92. The van der Waals surface area contributed by atoms with Gasteiger partial charge in [0, 0.05) is 6.42 Å². The number of hydrogen-bond acceptors (Lipinski definition) is 3. The van der Waals surface area contributed by atoms with Crippen molar-refractivity contribution in [1.29, 1.82) is 0 Å². The highest BCUT2D eigenvalue weighted by Gasteiger charge is 2.10. The van der Waals surface area contributed by atoms with E-state index in [2.05, 4.69) is 13.8 Å². The number of ether oxygens (including phenoxy) is 1. The van der Waals surface area contributed by atoms with E-state index < -0.39 is 6.29 Å². The first-order valence-electron chi connectivity index (χ1n) is 7.39. The molecule has 0 bridgehead atoms. The zero-order valence-corrected chi connectivity index (χ0v) is 12.3. The minimum Gasteiger partial charge on any atom is -0.368 e. The monoisotopic (exact) mass is 258 g/mol. The van der Waals surface area contributed by atoms with E-state index in [1.54, 1.807) is 6.92 Å². The topological polar surface area (TPSA) is 46.5 Å². The van der Waals surface area contributed by atoms with Crippen molar-refractivity contribution in [3.8, 4) is 0 Å². The average molecular weight is 258 g/mol. The quantitative estimate of drug-likeness (QED) is 0.429. The summed E-state index contributed by atoms with van der Waals surface area (Å²) < 4.78 is 5.47. The summed E-state index contributed by atoms with van der Waals surface area (Å²) in [6.07, 6.45) is 7.03. The number of rotatable bonds is 12. The number of carbonyl (C=O) groups is 1. The Hall–Kier alpha value is -0.410. The van der Waals surface area contributed by atoms with Crippen molar-refractivity contribution in [2.45, 2.75) is 78.4 Å². The van der Waals surface area contributed by atoms with Crippen LogP contribution in [0, 0.1) is 5.92 Å². The smallest absolute Gasteiger partial charge is 0.154 e. The number of hydrogen-bond donors (Lipinski definition) is 1. The Bertz CT molecular complexity index is 204. The molecule has 0 spiro atoms. The van der Waals surface area contributed by atoms with Crippen LogP contribution in [0.25, 0.3) is 0 Å². The Labute approximate surface area is 112 Å². The van der Waals surface area contributed by atoms with Gasteiger partial charge in [0.1, 0.15) is 5.78 Å². The van der Waals surface area contributed by atoms with Gasteiger partial charge >= 0.3 is 0 Å². The molecule has 2 unspecified atom stereocenters. The van der Waals surface area contributed by atoms with Gasteiger partial charge in [-0.15, -0.1) is 0 Å². The first kappa shape index (κ1) is 17.6. The average Bonchev–Trinajstić information content (AvgIpc) is 2.34. The molecule has 1 N–H and O–H groups in total. The predicted molar refractivity (Wildman–Crippen MR) is 74.4 cm³/mol. The van der Waals surface area contributed by atoms with Gasteiger partial charge in [-0.05, 0) is 38.5 Å². The lowest BCUT2D eigenvalue weighted by atomic mass is 10.0. The van der Waals surface area contributed by atoms with Crippen molar-refractivity contribution in [3.63, 3.8) is 0 Å². The molecule has 3 nitrogen and oxygen atoms in total. The van der Waals surface area contributed by atoms with Gasteiger partial charge in [-0.25, -0.2) is 0 Å². The van der Waals surface area contributed by atoms with Crippen LogP contribution in [0.5, 0.6) is 0 Å². The molecular formula is C15H30O3. The van der Waals surface area contributed by atoms with Gasteiger partial charge in [-0.1, -0.05) is 33.1 Å². The van der Waals surface area contributed by atoms with E-state index in [0.717, 1.165) is 19.3 Å². The summed E-state index contributed by atoms with van der Waals surface area (Å²) >= 11 is 0. The normalized spacial score (nSPS) is 14.4. The van der Waals surface area contributed by atoms with Gasteiger partial charge in [0.25, 0.3) is 0 Å². The molecule has 3 heteroatoms. The van der Waals surface area contributed by atoms with Crippen molar-refractivity contribution in [1.82, 2.24) is 0 Å². The van der Waals surface area contributed by atoms with E-state index >= 15 is 0 Å². The molecule has 0 rings (SSSR count). The molecule has 0 heterocycles. The second kappa shape index (κ2) is 11.7. The number of ketones is 1. The van der Waals surface area contributed by atoms with Crippen molar-refractivity contribution in [2.24, 2.45) is 5.92 Å². The highest BCUT2D eigenvalue weighted by molar-refractivity contribution is 5.75. The minimum atomic E-state index is -0.660. The summed E-state index contributed by atoms with van der Waals surface area (Å²) in [6.45, 7) is 6.62. The van der Waals surface area contributed by atoms with Crippen LogP contribution in [0.1, 0.15) is 72.1 Å². The summed E-state index contributed by atoms with van der Waals surface area (Å²) in [6, 6.07) is 0. The molecule has 0 saturated carbocycles. The molecule has 0 aliphatic carbocycles. The molecule has 2 atom stereocenters. The highest BCUT2D eigenvalue weighted by Crippen LogP contribution is 2.14. The Kier molecular flexibility index (Phi) is 11.4. The van der Waals surface area contributed by atoms with Crippen LogP contribution in [-0.4, -0.2) is 23.8 Å². The SMILES string of the molecule is CCCCC(CC)COC(O)CCCCC(C)=O. The Morgan fingerprint density at radius 1 is 1.17 bits per heavy atom. The first-order chi connectivity index (χ1) is 8.60. The van der Waals surface area contributed by atoms with Gasteiger partial charge in [0.15, 0.2) is 6.29 Å². The molecular weight excluding hydrogens is 228 g/mol. The van der Waals surface area contributed by atoms with E-state index in [-0.39, 0.29) is 5.78 Å². The minimum absolute atomic E-state index is 0.219. The number of Topliss-reactive ketones (excluding diaryl/α,β-unsaturated/α-hetero) is 1. The summed E-state index contributed by atoms with van der Waals surface area (Å²) in [5.41, 5.74) is 0. The van der Waals surface area contributed by atoms with E-state index in [9.17, 15) is 9.90 Å². The van der Waals surface area contributed by atoms with E-state index in [4.69, 9.17) is 4.74 Å². The van der Waals surface area contributed by atoms with Crippen molar-refractivity contribution in [3.05, 3.63) is 0 Å². The van der Waals surface area contributed by atoms with Gasteiger partial charge in [0.05, 0.1) is 6.61 Å². The fourth-order valence-electron chi connectivity index (χ4n) is 1.92. The number of unbranched alkanes of at least 4 members (excludes halogenated alkanes) is 2. The molecule has 0 aromatic heterocycles. The maximum atomic E-state index is 10.7. The number of aliphatic hydroxyl groups is 1. The van der Waals surface area contributed by atoms with Gasteiger partial charge in [-0.3, -0.25) is 0 Å². The van der Waals surface area contributed by atoms with Crippen molar-refractivity contribution >= 4 is 5.78 Å². The highest BCUT2D eigenvalue weighted by atomic mass is 16.6. The molecule has 18 heavy (non-hydrogen) atoms. The second-order valence-corrected chi connectivity index (χ2v) is 5.15. The van der Waals surface area contributed by atoms with Crippen LogP contribution >= 0.6 is 0 Å². The second-order valence-electron chi connectivity index (χ2n) is 5.15. The van der Waals surface area contributed by atoms with Crippen molar-refractivity contribution < 1.29 is 14.6 Å². The lowest BCUT2D eigenvalue weighted by Gasteiger charge is -2.18. The zero-order chi connectivity index (χ0) is 13.8. The maximum Gasteiger partial charge on any atom is 0.154 e. The van der Waals surface area contributed by atoms with Crippen LogP contribution < -0.4 is 0 Å². The lowest BCUT2D eigenvalue weighted by molar-refractivity contribution is -0.119. The number of carbonyl (C=O) groups excluding carboxylic acids is 1. The van der Waals surface area contributed by atoms with Crippen LogP contribution in [-0.2, 0) is 9.53 Å². The van der Waals surface area contributed by atoms with E-state index in [1.807, 2.05) is 0 Å². The fraction of sp³-hybridized carbons (Fsp3) is 0.933. The molecule has 0 aliphatic heterocycles. The summed E-state index contributed by atoms with van der Waals surface area (Å²) in [4.78, 5) is 10.7.